The molecular formula is C31H46N2O2. The summed E-state index contributed by atoms with van der Waals surface area (Å²) in [6, 6.07) is 19.9. The van der Waals surface area contributed by atoms with Crippen LogP contribution in [0.25, 0.3) is 6.08 Å². The van der Waals surface area contributed by atoms with Gasteiger partial charge in [0.2, 0.25) is 0 Å². The second kappa shape index (κ2) is 15.7. The Bertz CT molecular complexity index is 844. The van der Waals surface area contributed by atoms with Crippen LogP contribution in [0.1, 0.15) is 81.3 Å². The maximum absolute atomic E-state index is 10.6. The highest BCUT2D eigenvalue weighted by Gasteiger charge is 2.26. The topological polar surface area (TPSA) is 41.6 Å². The summed E-state index contributed by atoms with van der Waals surface area (Å²) >= 11 is 0. The van der Waals surface area contributed by atoms with E-state index in [4.69, 9.17) is 4.74 Å². The first-order chi connectivity index (χ1) is 16.8. The Balaban J connectivity index is 0.000000226. The lowest BCUT2D eigenvalue weighted by Gasteiger charge is -2.32. The van der Waals surface area contributed by atoms with Gasteiger partial charge >= 0.3 is 0 Å². The summed E-state index contributed by atoms with van der Waals surface area (Å²) in [7, 11) is 1.71. The predicted molar refractivity (Wildman–Crippen MR) is 149 cm³/mol. The summed E-state index contributed by atoms with van der Waals surface area (Å²) in [5.74, 6) is 0. The summed E-state index contributed by atoms with van der Waals surface area (Å²) in [5, 5.41) is 3.73. The van der Waals surface area contributed by atoms with Crippen molar-refractivity contribution in [3.63, 3.8) is 0 Å². The van der Waals surface area contributed by atoms with E-state index < -0.39 is 0 Å². The fraction of sp³-hybridized carbons (Fsp3) is 0.516. The Morgan fingerprint density at radius 2 is 1.49 bits per heavy atom. The van der Waals surface area contributed by atoms with Crippen molar-refractivity contribution >= 4 is 12.4 Å². The molecular weight excluding hydrogens is 432 g/mol. The largest absolute Gasteiger partial charge is 0.379 e. The number of ether oxygens (including phenoxy) is 1. The molecule has 4 rings (SSSR count). The normalized spacial score (nSPS) is 16.7. The van der Waals surface area contributed by atoms with E-state index in [1.807, 2.05) is 39.0 Å². The third kappa shape index (κ3) is 13.4. The van der Waals surface area contributed by atoms with E-state index in [2.05, 4.69) is 65.7 Å². The molecule has 1 aliphatic heterocycles. The van der Waals surface area contributed by atoms with Gasteiger partial charge in [-0.2, -0.15) is 0 Å². The van der Waals surface area contributed by atoms with Crippen LogP contribution in [0.3, 0.4) is 0 Å². The van der Waals surface area contributed by atoms with Crippen LogP contribution in [0.5, 0.6) is 0 Å². The van der Waals surface area contributed by atoms with Gasteiger partial charge in [-0.1, -0.05) is 73.7 Å². The standard InChI is InChI=1S/C16H22N2O.C10H12.C5H12O/c19-12-14-3-1-13(2-4-14)11-18-9-7-16(8-10-18)17-15-5-6-15;1-2-3-7-10-8-5-4-6-9-10;1-5(2,3)6-4/h1-4,12,15-17H,5-11H2;3-9H,2H2,1H3;1-4H3/b;7-3-;. The molecule has 2 aliphatic rings. The predicted octanol–water partition coefficient (Wildman–Crippen LogP) is 6.76. The quantitative estimate of drug-likeness (QED) is 0.447. The zero-order chi connectivity index (χ0) is 25.5. The molecule has 0 radical (unpaired) electrons. The Morgan fingerprint density at radius 1 is 0.914 bits per heavy atom. The van der Waals surface area contributed by atoms with Crippen LogP contribution in [-0.4, -0.2) is 49.1 Å². The first-order valence-corrected chi connectivity index (χ1v) is 13.1. The first kappa shape index (κ1) is 29.0. The Morgan fingerprint density at radius 3 is 1.97 bits per heavy atom. The number of likely N-dealkylation sites (tertiary alicyclic amines) is 1. The Labute approximate surface area is 213 Å². The molecule has 0 amide bonds. The number of nitrogens with one attached hydrogen (secondary N) is 1. The highest BCUT2D eigenvalue weighted by atomic mass is 16.5. The van der Waals surface area contributed by atoms with E-state index >= 15 is 0 Å². The highest BCUT2D eigenvalue weighted by molar-refractivity contribution is 5.74. The molecule has 1 N–H and O–H groups in total. The average Bonchev–Trinajstić information content (AvgIpc) is 3.69. The molecule has 1 saturated carbocycles. The van der Waals surface area contributed by atoms with Crippen molar-refractivity contribution in [1.82, 2.24) is 10.2 Å². The lowest BCUT2D eigenvalue weighted by atomic mass is 10.0. The molecule has 0 spiro atoms. The number of rotatable bonds is 7. The number of hydrogen-bond donors (Lipinski definition) is 1. The minimum atomic E-state index is 0.0417. The maximum Gasteiger partial charge on any atom is 0.150 e. The summed E-state index contributed by atoms with van der Waals surface area (Å²) in [4.78, 5) is 13.1. The number of carbonyl (C=O) groups excluding carboxylic acids is 1. The number of piperidine rings is 1. The fourth-order valence-electron chi connectivity index (χ4n) is 3.62. The maximum atomic E-state index is 10.6. The Hall–Kier alpha value is -2.27. The molecule has 0 bridgehead atoms. The van der Waals surface area contributed by atoms with Crippen LogP contribution < -0.4 is 5.32 Å². The van der Waals surface area contributed by atoms with Gasteiger partial charge in [0.05, 0.1) is 5.60 Å². The van der Waals surface area contributed by atoms with Gasteiger partial charge in [0.1, 0.15) is 6.29 Å². The number of nitrogens with zero attached hydrogens (tertiary/aromatic N) is 1. The van der Waals surface area contributed by atoms with E-state index in [0.717, 1.165) is 36.9 Å². The molecule has 1 saturated heterocycles. The van der Waals surface area contributed by atoms with Gasteiger partial charge in [-0.05, 0) is 77.1 Å². The first-order valence-electron chi connectivity index (χ1n) is 13.1. The van der Waals surface area contributed by atoms with E-state index in [1.165, 1.54) is 49.9 Å². The van der Waals surface area contributed by atoms with Crippen molar-refractivity contribution in [2.24, 2.45) is 0 Å². The van der Waals surface area contributed by atoms with Crippen molar-refractivity contribution in [1.29, 1.82) is 0 Å². The SMILES string of the molecule is CC/C=C\c1ccccc1.COC(C)(C)C.O=Cc1ccc(CN2CCC(NC3CC3)CC2)cc1. The molecule has 0 atom stereocenters. The molecule has 1 aliphatic carbocycles. The second-order valence-electron chi connectivity index (χ2n) is 10.4. The number of methoxy groups -OCH3 is 1. The van der Waals surface area contributed by atoms with Gasteiger partial charge in [0, 0.05) is 31.3 Å². The summed E-state index contributed by atoms with van der Waals surface area (Å²) in [6.07, 6.45) is 11.6. The van der Waals surface area contributed by atoms with Gasteiger partial charge in [0.25, 0.3) is 0 Å². The molecule has 35 heavy (non-hydrogen) atoms. The van der Waals surface area contributed by atoms with E-state index in [0.29, 0.717) is 0 Å². The van der Waals surface area contributed by atoms with E-state index in [-0.39, 0.29) is 5.60 Å². The van der Waals surface area contributed by atoms with Gasteiger partial charge in [-0.3, -0.25) is 9.69 Å². The van der Waals surface area contributed by atoms with Crippen molar-refractivity contribution in [3.8, 4) is 0 Å². The monoisotopic (exact) mass is 478 g/mol. The van der Waals surface area contributed by atoms with Crippen molar-refractivity contribution in [2.75, 3.05) is 20.2 Å². The smallest absolute Gasteiger partial charge is 0.150 e. The molecule has 192 valence electrons. The third-order valence-corrected chi connectivity index (χ3v) is 6.12. The molecule has 2 aromatic rings. The summed E-state index contributed by atoms with van der Waals surface area (Å²) in [5.41, 5.74) is 3.39. The number of aldehydes is 1. The minimum Gasteiger partial charge on any atom is -0.379 e. The van der Waals surface area contributed by atoms with Crippen LogP contribution in [0.4, 0.5) is 0 Å². The zero-order valence-corrected chi connectivity index (χ0v) is 22.5. The van der Waals surface area contributed by atoms with Crippen LogP contribution in [0.15, 0.2) is 60.7 Å². The van der Waals surface area contributed by atoms with Crippen molar-refractivity contribution in [3.05, 3.63) is 77.4 Å². The summed E-state index contributed by atoms with van der Waals surface area (Å²) < 4.78 is 4.94. The summed E-state index contributed by atoms with van der Waals surface area (Å²) in [6.45, 7) is 11.6. The van der Waals surface area contributed by atoms with Gasteiger partial charge in [-0.25, -0.2) is 0 Å². The van der Waals surface area contributed by atoms with Crippen LogP contribution >= 0.6 is 0 Å². The molecule has 1 heterocycles. The zero-order valence-electron chi connectivity index (χ0n) is 22.5. The highest BCUT2D eigenvalue weighted by Crippen LogP contribution is 2.22. The number of benzene rings is 2. The van der Waals surface area contributed by atoms with E-state index in [9.17, 15) is 4.79 Å². The van der Waals surface area contributed by atoms with E-state index in [1.54, 1.807) is 7.11 Å². The van der Waals surface area contributed by atoms with Crippen molar-refractivity contribution in [2.45, 2.75) is 84.0 Å². The van der Waals surface area contributed by atoms with Gasteiger partial charge < -0.3 is 10.1 Å². The van der Waals surface area contributed by atoms with Crippen LogP contribution in [-0.2, 0) is 11.3 Å². The number of hydrogen-bond acceptors (Lipinski definition) is 4. The third-order valence-electron chi connectivity index (χ3n) is 6.12. The molecule has 2 aromatic carbocycles. The van der Waals surface area contributed by atoms with Gasteiger partial charge in [0.15, 0.2) is 0 Å². The molecule has 0 unspecified atom stereocenters. The average molecular weight is 479 g/mol. The fourth-order valence-corrected chi connectivity index (χ4v) is 3.62. The second-order valence-corrected chi connectivity index (χ2v) is 10.4. The molecule has 4 heteroatoms. The number of allylic oxidation sites excluding steroid dienone is 1. The molecule has 2 fully saturated rings. The van der Waals surface area contributed by atoms with Gasteiger partial charge in [-0.15, -0.1) is 0 Å². The lowest BCUT2D eigenvalue weighted by Crippen LogP contribution is -2.42. The lowest BCUT2D eigenvalue weighted by molar-refractivity contribution is 0.0397. The van der Waals surface area contributed by atoms with Crippen LogP contribution in [0, 0.1) is 0 Å². The van der Waals surface area contributed by atoms with Crippen LogP contribution in [0.2, 0.25) is 0 Å². The van der Waals surface area contributed by atoms with Crippen molar-refractivity contribution < 1.29 is 9.53 Å². The molecule has 4 nitrogen and oxygen atoms in total. The minimum absolute atomic E-state index is 0.0417. The molecule has 0 aromatic heterocycles. The Kier molecular flexibility index (Phi) is 13.0. The number of carbonyl (C=O) groups is 1.